The molecule has 2 aromatic carbocycles. The molecule has 0 unspecified atom stereocenters. The summed E-state index contributed by atoms with van der Waals surface area (Å²) in [5, 5.41) is 8.76. The minimum atomic E-state index is -0.121. The van der Waals surface area contributed by atoms with Crippen molar-refractivity contribution in [3.63, 3.8) is 0 Å². The molecule has 0 aliphatic carbocycles. The van der Waals surface area contributed by atoms with Crippen molar-refractivity contribution in [2.45, 2.75) is 0 Å². The second-order valence-electron chi connectivity index (χ2n) is 3.49. The van der Waals surface area contributed by atoms with Gasteiger partial charge in [0.15, 0.2) is 0 Å². The van der Waals surface area contributed by atoms with E-state index in [1.807, 2.05) is 48.5 Å². The second-order valence-corrected chi connectivity index (χ2v) is 4.34. The van der Waals surface area contributed by atoms with E-state index in [-0.39, 0.29) is 6.61 Å². The summed E-state index contributed by atoms with van der Waals surface area (Å²) in [4.78, 5) is 0. The first-order chi connectivity index (χ1) is 8.33. The van der Waals surface area contributed by atoms with Crippen LogP contribution in [-0.4, -0.2) is 11.7 Å². The summed E-state index contributed by atoms with van der Waals surface area (Å²) in [5.74, 6) is 5.65. The molecule has 0 heterocycles. The van der Waals surface area contributed by atoms with Gasteiger partial charge in [-0.2, -0.15) is 0 Å². The Morgan fingerprint density at radius 2 is 1.59 bits per heavy atom. The van der Waals surface area contributed by atoms with Gasteiger partial charge in [-0.1, -0.05) is 64.2 Å². The Morgan fingerprint density at radius 3 is 2.29 bits per heavy atom. The van der Waals surface area contributed by atoms with Crippen molar-refractivity contribution < 1.29 is 5.11 Å². The quantitative estimate of drug-likeness (QED) is 0.796. The van der Waals surface area contributed by atoms with E-state index in [9.17, 15) is 0 Å². The van der Waals surface area contributed by atoms with Crippen LogP contribution in [0.5, 0.6) is 0 Å². The Morgan fingerprint density at radius 1 is 0.941 bits per heavy atom. The maximum absolute atomic E-state index is 8.76. The molecule has 0 fully saturated rings. The average molecular weight is 287 g/mol. The number of benzene rings is 2. The van der Waals surface area contributed by atoms with Gasteiger partial charge in [0.2, 0.25) is 0 Å². The molecule has 2 heteroatoms. The molecule has 0 saturated carbocycles. The van der Waals surface area contributed by atoms with E-state index in [4.69, 9.17) is 5.11 Å². The number of halogens is 1. The number of aliphatic hydroxyl groups is 1. The van der Waals surface area contributed by atoms with Crippen LogP contribution in [0.2, 0.25) is 0 Å². The molecule has 0 spiro atoms. The molecule has 0 aliphatic rings. The largest absolute Gasteiger partial charge is 0.384 e. The highest BCUT2D eigenvalue weighted by molar-refractivity contribution is 9.10. The minimum absolute atomic E-state index is 0.121. The monoisotopic (exact) mass is 286 g/mol. The fraction of sp³-hybridized carbons (Fsp3) is 0.0667. The van der Waals surface area contributed by atoms with Crippen LogP contribution in [0.3, 0.4) is 0 Å². The van der Waals surface area contributed by atoms with Gasteiger partial charge in [-0.3, -0.25) is 0 Å². The van der Waals surface area contributed by atoms with E-state index in [2.05, 4.69) is 27.8 Å². The van der Waals surface area contributed by atoms with Crippen LogP contribution < -0.4 is 0 Å². The third-order valence-corrected chi connectivity index (χ3v) is 3.08. The minimum Gasteiger partial charge on any atom is -0.384 e. The summed E-state index contributed by atoms with van der Waals surface area (Å²) >= 11 is 3.54. The van der Waals surface area contributed by atoms with Crippen LogP contribution in [0.25, 0.3) is 11.1 Å². The normalized spacial score (nSPS) is 9.53. The zero-order valence-corrected chi connectivity index (χ0v) is 10.7. The summed E-state index contributed by atoms with van der Waals surface area (Å²) in [7, 11) is 0. The molecule has 0 radical (unpaired) electrons. The Hall–Kier alpha value is -1.56. The molecule has 2 rings (SSSR count). The fourth-order valence-corrected chi connectivity index (χ4v) is 2.14. The molecular weight excluding hydrogens is 276 g/mol. The summed E-state index contributed by atoms with van der Waals surface area (Å²) < 4.78 is 1.04. The van der Waals surface area contributed by atoms with Gasteiger partial charge in [-0.05, 0) is 23.3 Å². The Balaban J connectivity index is 2.56. The molecule has 17 heavy (non-hydrogen) atoms. The lowest BCUT2D eigenvalue weighted by Crippen LogP contribution is -1.85. The van der Waals surface area contributed by atoms with E-state index >= 15 is 0 Å². The van der Waals surface area contributed by atoms with E-state index in [1.165, 1.54) is 0 Å². The highest BCUT2D eigenvalue weighted by Crippen LogP contribution is 2.29. The van der Waals surface area contributed by atoms with Crippen molar-refractivity contribution in [1.29, 1.82) is 0 Å². The highest BCUT2D eigenvalue weighted by atomic mass is 79.9. The first kappa shape index (κ1) is 11.9. The molecule has 1 N–H and O–H groups in total. The van der Waals surface area contributed by atoms with E-state index in [1.54, 1.807) is 0 Å². The summed E-state index contributed by atoms with van der Waals surface area (Å²) in [6.45, 7) is -0.121. The number of aliphatic hydroxyl groups excluding tert-OH is 1. The molecular formula is C15H11BrO. The molecule has 0 atom stereocenters. The molecule has 0 aliphatic heterocycles. The van der Waals surface area contributed by atoms with Gasteiger partial charge in [0, 0.05) is 10.0 Å². The predicted octanol–water partition coefficient (Wildman–Crippen LogP) is 3.46. The second kappa shape index (κ2) is 5.67. The van der Waals surface area contributed by atoms with Crippen molar-refractivity contribution in [3.8, 4) is 23.0 Å². The van der Waals surface area contributed by atoms with Gasteiger partial charge >= 0.3 is 0 Å². The average Bonchev–Trinajstić information content (AvgIpc) is 2.37. The van der Waals surface area contributed by atoms with Crippen molar-refractivity contribution in [2.75, 3.05) is 6.61 Å². The van der Waals surface area contributed by atoms with E-state index in [0.29, 0.717) is 0 Å². The van der Waals surface area contributed by atoms with Gasteiger partial charge in [-0.25, -0.2) is 0 Å². The van der Waals surface area contributed by atoms with Gasteiger partial charge in [0.25, 0.3) is 0 Å². The summed E-state index contributed by atoms with van der Waals surface area (Å²) in [6.07, 6.45) is 0. The predicted molar refractivity (Wildman–Crippen MR) is 73.5 cm³/mol. The van der Waals surface area contributed by atoms with Crippen molar-refractivity contribution in [3.05, 3.63) is 58.6 Å². The summed E-state index contributed by atoms with van der Waals surface area (Å²) in [5.41, 5.74) is 3.10. The lowest BCUT2D eigenvalue weighted by molar-refractivity contribution is 0.350. The third kappa shape index (κ3) is 2.76. The van der Waals surface area contributed by atoms with E-state index < -0.39 is 0 Å². The molecule has 0 bridgehead atoms. The molecule has 1 nitrogen and oxygen atoms in total. The highest BCUT2D eigenvalue weighted by Gasteiger charge is 2.05. The van der Waals surface area contributed by atoms with Gasteiger partial charge in [0.1, 0.15) is 6.61 Å². The van der Waals surface area contributed by atoms with Gasteiger partial charge in [0.05, 0.1) is 0 Å². The maximum atomic E-state index is 8.76. The topological polar surface area (TPSA) is 20.2 Å². The molecule has 84 valence electrons. The number of hydrogen-bond acceptors (Lipinski definition) is 1. The van der Waals surface area contributed by atoms with E-state index in [0.717, 1.165) is 21.2 Å². The maximum Gasteiger partial charge on any atom is 0.104 e. The Labute approximate surface area is 109 Å². The third-order valence-electron chi connectivity index (χ3n) is 2.39. The molecule has 0 amide bonds. The van der Waals surface area contributed by atoms with Crippen LogP contribution >= 0.6 is 15.9 Å². The van der Waals surface area contributed by atoms with Gasteiger partial charge in [-0.15, -0.1) is 0 Å². The zero-order valence-electron chi connectivity index (χ0n) is 9.15. The van der Waals surface area contributed by atoms with Crippen LogP contribution in [0, 0.1) is 11.8 Å². The standard InChI is InChI=1S/C15H11BrO/c16-15-10-4-3-9-14(15)13-8-2-1-6-12(13)7-5-11-17/h1-4,6,8-10,17H,11H2. The lowest BCUT2D eigenvalue weighted by Gasteiger charge is -2.06. The molecule has 0 aromatic heterocycles. The first-order valence-corrected chi connectivity index (χ1v) is 6.06. The number of rotatable bonds is 1. The van der Waals surface area contributed by atoms with Gasteiger partial charge < -0.3 is 5.11 Å². The van der Waals surface area contributed by atoms with Crippen molar-refractivity contribution in [1.82, 2.24) is 0 Å². The smallest absolute Gasteiger partial charge is 0.104 e. The van der Waals surface area contributed by atoms with Crippen LogP contribution in [-0.2, 0) is 0 Å². The Bertz CT molecular complexity index is 579. The summed E-state index contributed by atoms with van der Waals surface area (Å²) in [6, 6.07) is 15.9. The van der Waals surface area contributed by atoms with Crippen LogP contribution in [0.4, 0.5) is 0 Å². The SMILES string of the molecule is OCC#Cc1ccccc1-c1ccccc1Br. The van der Waals surface area contributed by atoms with Crippen molar-refractivity contribution in [2.24, 2.45) is 0 Å². The van der Waals surface area contributed by atoms with Crippen molar-refractivity contribution >= 4 is 15.9 Å². The van der Waals surface area contributed by atoms with Crippen LogP contribution in [0.15, 0.2) is 53.0 Å². The molecule has 0 saturated heterocycles. The molecule has 2 aromatic rings. The lowest BCUT2D eigenvalue weighted by atomic mass is 10.00. The Kier molecular flexibility index (Phi) is 3.98. The number of hydrogen-bond donors (Lipinski definition) is 1. The van der Waals surface area contributed by atoms with Crippen LogP contribution in [0.1, 0.15) is 5.56 Å². The fourth-order valence-electron chi connectivity index (χ4n) is 1.64. The zero-order chi connectivity index (χ0) is 12.1. The first-order valence-electron chi connectivity index (χ1n) is 5.26.